The summed E-state index contributed by atoms with van der Waals surface area (Å²) in [5.41, 5.74) is 0. The average molecular weight is 202 g/mol. The van der Waals surface area contributed by atoms with E-state index in [1.54, 1.807) is 13.8 Å². The number of ether oxygens (including phenoxy) is 3. The zero-order chi connectivity index (χ0) is 10.5. The number of carbonyl (C=O) groups excluding carboxylic acids is 1. The third kappa shape index (κ3) is 1.46. The van der Waals surface area contributed by atoms with Crippen LogP contribution >= 0.6 is 0 Å². The summed E-state index contributed by atoms with van der Waals surface area (Å²) in [6.45, 7) is 4.86. The molecule has 2 rings (SSSR count). The fourth-order valence-corrected chi connectivity index (χ4v) is 1.83. The Labute approximate surface area is 81.9 Å². The van der Waals surface area contributed by atoms with Crippen molar-refractivity contribution >= 4 is 5.78 Å². The summed E-state index contributed by atoms with van der Waals surface area (Å²) in [5.74, 6) is -0.963. The van der Waals surface area contributed by atoms with E-state index in [1.807, 2.05) is 0 Å². The van der Waals surface area contributed by atoms with Gasteiger partial charge in [-0.15, -0.1) is 0 Å². The topological polar surface area (TPSA) is 65.0 Å². The van der Waals surface area contributed by atoms with Crippen molar-refractivity contribution < 1.29 is 24.1 Å². The van der Waals surface area contributed by atoms with Crippen LogP contribution in [0.2, 0.25) is 0 Å². The number of hydrogen-bond acceptors (Lipinski definition) is 5. The van der Waals surface area contributed by atoms with Crippen molar-refractivity contribution in [2.45, 2.75) is 51.2 Å². The second kappa shape index (κ2) is 3.00. The lowest BCUT2D eigenvalue weighted by molar-refractivity contribution is -0.214. The first-order valence-electron chi connectivity index (χ1n) is 4.60. The first-order chi connectivity index (χ1) is 6.41. The van der Waals surface area contributed by atoms with Gasteiger partial charge in [0.2, 0.25) is 0 Å². The van der Waals surface area contributed by atoms with E-state index >= 15 is 0 Å². The molecule has 5 nitrogen and oxygen atoms in total. The molecular weight excluding hydrogens is 188 g/mol. The van der Waals surface area contributed by atoms with E-state index in [9.17, 15) is 9.90 Å². The standard InChI is InChI=1S/C9H14O5/c1-4(10)6-5(11)7-8(12-6)14-9(2,3)13-7/h5-8,11H,1-3H3/t5-,6-,7+,8+/m1/s1. The van der Waals surface area contributed by atoms with Crippen LogP contribution in [-0.2, 0) is 19.0 Å². The smallest absolute Gasteiger partial charge is 0.190 e. The lowest BCUT2D eigenvalue weighted by Gasteiger charge is -2.21. The van der Waals surface area contributed by atoms with Crippen LogP contribution in [0, 0.1) is 0 Å². The molecule has 80 valence electrons. The van der Waals surface area contributed by atoms with Gasteiger partial charge in [0.05, 0.1) is 0 Å². The highest BCUT2D eigenvalue weighted by Crippen LogP contribution is 2.37. The first kappa shape index (κ1) is 10.0. The first-order valence-corrected chi connectivity index (χ1v) is 4.60. The maximum absolute atomic E-state index is 11.1. The lowest BCUT2D eigenvalue weighted by atomic mass is 10.1. The molecule has 0 bridgehead atoms. The molecule has 1 N–H and O–H groups in total. The van der Waals surface area contributed by atoms with Gasteiger partial charge in [-0.05, 0) is 20.8 Å². The fourth-order valence-electron chi connectivity index (χ4n) is 1.83. The molecular formula is C9H14O5. The Kier molecular flexibility index (Phi) is 2.15. The van der Waals surface area contributed by atoms with Gasteiger partial charge in [0, 0.05) is 0 Å². The van der Waals surface area contributed by atoms with Crippen LogP contribution in [0.25, 0.3) is 0 Å². The van der Waals surface area contributed by atoms with Crippen LogP contribution in [0.3, 0.4) is 0 Å². The Hall–Kier alpha value is -0.490. The van der Waals surface area contributed by atoms with Crippen molar-refractivity contribution in [2.24, 2.45) is 0 Å². The van der Waals surface area contributed by atoms with Crippen molar-refractivity contribution in [3.8, 4) is 0 Å². The lowest BCUT2D eigenvalue weighted by Crippen LogP contribution is -2.37. The van der Waals surface area contributed by atoms with Crippen LogP contribution in [-0.4, -0.2) is 41.3 Å². The predicted molar refractivity (Wildman–Crippen MR) is 45.4 cm³/mol. The molecule has 14 heavy (non-hydrogen) atoms. The minimum Gasteiger partial charge on any atom is -0.387 e. The van der Waals surface area contributed by atoms with Crippen molar-refractivity contribution in [1.29, 1.82) is 0 Å². The fraction of sp³-hybridized carbons (Fsp3) is 0.889. The van der Waals surface area contributed by atoms with Crippen LogP contribution < -0.4 is 0 Å². The van der Waals surface area contributed by atoms with Crippen LogP contribution in [0.15, 0.2) is 0 Å². The highest BCUT2D eigenvalue weighted by Gasteiger charge is 2.55. The molecule has 2 saturated heterocycles. The largest absolute Gasteiger partial charge is 0.387 e. The zero-order valence-corrected chi connectivity index (χ0v) is 8.39. The molecule has 4 atom stereocenters. The summed E-state index contributed by atoms with van der Waals surface area (Å²) in [6, 6.07) is 0. The van der Waals surface area contributed by atoms with Gasteiger partial charge < -0.3 is 19.3 Å². The molecule has 0 aromatic heterocycles. The Morgan fingerprint density at radius 3 is 2.50 bits per heavy atom. The number of aliphatic hydroxyl groups excluding tert-OH is 1. The summed E-state index contributed by atoms with van der Waals surface area (Å²) in [5, 5.41) is 9.71. The number of fused-ring (bicyclic) bond motifs is 1. The highest BCUT2D eigenvalue weighted by atomic mass is 16.8. The normalized spacial score (nSPS) is 45.1. The minimum atomic E-state index is -0.931. The van der Waals surface area contributed by atoms with Crippen molar-refractivity contribution in [1.82, 2.24) is 0 Å². The zero-order valence-electron chi connectivity index (χ0n) is 8.39. The van der Waals surface area contributed by atoms with Gasteiger partial charge in [-0.2, -0.15) is 0 Å². The molecule has 0 aromatic rings. The number of aliphatic hydroxyl groups is 1. The second-order valence-corrected chi connectivity index (χ2v) is 4.13. The maximum atomic E-state index is 11.1. The molecule has 0 aromatic carbocycles. The van der Waals surface area contributed by atoms with Gasteiger partial charge in [0.15, 0.2) is 17.9 Å². The van der Waals surface area contributed by atoms with Gasteiger partial charge in [0.25, 0.3) is 0 Å². The Morgan fingerprint density at radius 1 is 1.36 bits per heavy atom. The van der Waals surface area contributed by atoms with Crippen molar-refractivity contribution in [3.05, 3.63) is 0 Å². The molecule has 0 spiro atoms. The van der Waals surface area contributed by atoms with Gasteiger partial charge in [0.1, 0.15) is 18.3 Å². The van der Waals surface area contributed by atoms with E-state index < -0.39 is 30.4 Å². The molecule has 5 heteroatoms. The molecule has 0 radical (unpaired) electrons. The highest BCUT2D eigenvalue weighted by molar-refractivity contribution is 5.81. The number of carbonyl (C=O) groups is 1. The predicted octanol–water partition coefficient (Wildman–Crippen LogP) is -0.187. The SMILES string of the molecule is CC(=O)[C@H]1O[C@H]2OC(C)(C)O[C@H]2[C@@H]1O. The minimum absolute atomic E-state index is 0.211. The molecule has 2 heterocycles. The Bertz CT molecular complexity index is 262. The second-order valence-electron chi connectivity index (χ2n) is 4.13. The third-order valence-electron chi connectivity index (χ3n) is 2.42. The molecule has 0 amide bonds. The third-order valence-corrected chi connectivity index (χ3v) is 2.42. The van der Waals surface area contributed by atoms with Gasteiger partial charge in [-0.25, -0.2) is 0 Å². The molecule has 2 aliphatic heterocycles. The molecule has 0 aliphatic carbocycles. The molecule has 2 fully saturated rings. The number of Topliss-reactive ketones (excluding diaryl/α,β-unsaturated/α-hetero) is 1. The van der Waals surface area contributed by atoms with Crippen LogP contribution in [0.1, 0.15) is 20.8 Å². The van der Waals surface area contributed by atoms with Gasteiger partial charge in [-0.1, -0.05) is 0 Å². The number of rotatable bonds is 1. The van der Waals surface area contributed by atoms with Crippen LogP contribution in [0.5, 0.6) is 0 Å². The summed E-state index contributed by atoms with van der Waals surface area (Å²) < 4.78 is 16.0. The van der Waals surface area contributed by atoms with Gasteiger partial charge >= 0.3 is 0 Å². The maximum Gasteiger partial charge on any atom is 0.190 e. The van der Waals surface area contributed by atoms with Gasteiger partial charge in [-0.3, -0.25) is 4.79 Å². The average Bonchev–Trinajstić information content (AvgIpc) is 2.46. The van der Waals surface area contributed by atoms with E-state index in [0.717, 1.165) is 0 Å². The Balaban J connectivity index is 2.11. The molecule has 2 aliphatic rings. The number of hydrogen-bond donors (Lipinski definition) is 1. The Morgan fingerprint density at radius 2 is 2.00 bits per heavy atom. The quantitative estimate of drug-likeness (QED) is 0.638. The van der Waals surface area contributed by atoms with E-state index in [2.05, 4.69) is 0 Å². The van der Waals surface area contributed by atoms with Crippen molar-refractivity contribution in [3.63, 3.8) is 0 Å². The summed E-state index contributed by atoms with van der Waals surface area (Å²) in [4.78, 5) is 11.1. The van der Waals surface area contributed by atoms with E-state index in [1.165, 1.54) is 6.92 Å². The van der Waals surface area contributed by atoms with Crippen LogP contribution in [0.4, 0.5) is 0 Å². The number of ketones is 1. The molecule has 0 saturated carbocycles. The monoisotopic (exact) mass is 202 g/mol. The van der Waals surface area contributed by atoms with Crippen molar-refractivity contribution in [2.75, 3.05) is 0 Å². The van der Waals surface area contributed by atoms with E-state index in [-0.39, 0.29) is 5.78 Å². The summed E-state index contributed by atoms with van der Waals surface area (Å²) >= 11 is 0. The van der Waals surface area contributed by atoms with E-state index in [4.69, 9.17) is 14.2 Å². The molecule has 0 unspecified atom stereocenters. The van der Waals surface area contributed by atoms with E-state index in [0.29, 0.717) is 0 Å². The summed E-state index contributed by atoms with van der Waals surface area (Å²) in [6.07, 6.45) is -2.94. The summed E-state index contributed by atoms with van der Waals surface area (Å²) in [7, 11) is 0.